The van der Waals surface area contributed by atoms with Crippen molar-refractivity contribution >= 4 is 10.9 Å². The molecule has 0 radical (unpaired) electrons. The Kier molecular flexibility index (Phi) is 6.10. The Morgan fingerprint density at radius 2 is 2.04 bits per heavy atom. The molecule has 0 saturated carbocycles. The number of nitrogens with one attached hydrogen (secondary N) is 1. The van der Waals surface area contributed by atoms with E-state index in [0.717, 1.165) is 38.4 Å². The molecule has 1 atom stereocenters. The van der Waals surface area contributed by atoms with E-state index in [0.29, 0.717) is 6.04 Å². The van der Waals surface area contributed by atoms with Crippen molar-refractivity contribution in [3.05, 3.63) is 35.5 Å². The van der Waals surface area contributed by atoms with Gasteiger partial charge >= 0.3 is 0 Å². The van der Waals surface area contributed by atoms with E-state index in [4.69, 9.17) is 4.74 Å². The van der Waals surface area contributed by atoms with E-state index in [-0.39, 0.29) is 0 Å². The van der Waals surface area contributed by atoms with Gasteiger partial charge in [0.25, 0.3) is 0 Å². The molecule has 2 saturated heterocycles. The Morgan fingerprint density at radius 3 is 2.82 bits per heavy atom. The quantitative estimate of drug-likeness (QED) is 0.748. The lowest BCUT2D eigenvalue weighted by Gasteiger charge is -2.31. The van der Waals surface area contributed by atoms with Gasteiger partial charge < -0.3 is 14.8 Å². The zero-order valence-electron chi connectivity index (χ0n) is 17.5. The monoisotopic (exact) mass is 384 g/mol. The first-order chi connectivity index (χ1) is 13.5. The molecule has 4 rings (SSSR count). The van der Waals surface area contributed by atoms with Crippen LogP contribution in [0.3, 0.4) is 0 Å². The second-order valence-electron chi connectivity index (χ2n) is 9.56. The fourth-order valence-electron chi connectivity index (χ4n) is 4.88. The average Bonchev–Trinajstić information content (AvgIpc) is 3.28. The minimum Gasteiger partial charge on any atom is -0.390 e. The van der Waals surface area contributed by atoms with Crippen LogP contribution in [0.4, 0.5) is 0 Å². The van der Waals surface area contributed by atoms with Gasteiger partial charge in [-0.3, -0.25) is 4.90 Å². The second-order valence-corrected chi connectivity index (χ2v) is 9.56. The van der Waals surface area contributed by atoms with Gasteiger partial charge in [0.15, 0.2) is 0 Å². The molecular weight excluding hydrogens is 348 g/mol. The molecule has 154 valence electrons. The molecule has 0 amide bonds. The summed E-state index contributed by atoms with van der Waals surface area (Å²) in [5.41, 5.74) is 3.39. The van der Waals surface area contributed by atoms with Crippen molar-refractivity contribution in [1.29, 1.82) is 0 Å². The van der Waals surface area contributed by atoms with Gasteiger partial charge in [-0.2, -0.15) is 0 Å². The Balaban J connectivity index is 1.44. The Labute approximate surface area is 169 Å². The second kappa shape index (κ2) is 8.56. The Hall–Kier alpha value is -1.36. The van der Waals surface area contributed by atoms with Crippen LogP contribution >= 0.6 is 0 Å². The van der Waals surface area contributed by atoms with Crippen LogP contribution in [0.5, 0.6) is 0 Å². The van der Waals surface area contributed by atoms with Gasteiger partial charge in [-0.1, -0.05) is 6.07 Å². The van der Waals surface area contributed by atoms with Crippen LogP contribution in [0.15, 0.2) is 24.4 Å². The molecule has 2 fully saturated rings. The van der Waals surface area contributed by atoms with Gasteiger partial charge in [0, 0.05) is 42.9 Å². The molecule has 2 aliphatic rings. The topological polar surface area (TPSA) is 48.5 Å². The van der Waals surface area contributed by atoms with Crippen molar-refractivity contribution in [1.82, 2.24) is 9.88 Å². The van der Waals surface area contributed by atoms with Crippen molar-refractivity contribution < 1.29 is 9.84 Å². The van der Waals surface area contributed by atoms with Crippen LogP contribution in [-0.2, 0) is 17.6 Å². The molecule has 0 spiro atoms. The summed E-state index contributed by atoms with van der Waals surface area (Å²) in [6.07, 6.45) is 10.2. The minimum absolute atomic E-state index is 0.607. The highest BCUT2D eigenvalue weighted by Crippen LogP contribution is 2.29. The third kappa shape index (κ3) is 4.97. The van der Waals surface area contributed by atoms with Gasteiger partial charge in [0.2, 0.25) is 0 Å². The molecule has 28 heavy (non-hydrogen) atoms. The average molecular weight is 385 g/mol. The summed E-state index contributed by atoms with van der Waals surface area (Å²) in [6, 6.07) is 7.40. The molecule has 0 unspecified atom stereocenters. The summed E-state index contributed by atoms with van der Waals surface area (Å²) < 4.78 is 5.54. The SMILES string of the molecule is CC(C)(O)CCc1ccc2[nH]cc(C[C@H]3CCCN3CC3CCOCC3)c2c1. The molecule has 1 aromatic heterocycles. The van der Waals surface area contributed by atoms with E-state index in [1.54, 1.807) is 0 Å². The van der Waals surface area contributed by atoms with Crippen LogP contribution < -0.4 is 0 Å². The molecule has 2 N–H and O–H groups in total. The maximum absolute atomic E-state index is 10.0. The highest BCUT2D eigenvalue weighted by Gasteiger charge is 2.28. The number of hydrogen-bond donors (Lipinski definition) is 2. The Bertz CT molecular complexity index is 770. The fraction of sp³-hybridized carbons (Fsp3) is 0.667. The summed E-state index contributed by atoms with van der Waals surface area (Å²) in [6.45, 7) is 8.16. The van der Waals surface area contributed by atoms with Crippen molar-refractivity contribution in [2.24, 2.45) is 5.92 Å². The number of rotatable bonds is 7. The van der Waals surface area contributed by atoms with E-state index in [2.05, 4.69) is 34.3 Å². The summed E-state index contributed by atoms with van der Waals surface area (Å²) >= 11 is 0. The summed E-state index contributed by atoms with van der Waals surface area (Å²) in [5, 5.41) is 11.4. The smallest absolute Gasteiger partial charge is 0.0594 e. The largest absolute Gasteiger partial charge is 0.390 e. The van der Waals surface area contributed by atoms with E-state index in [1.165, 1.54) is 60.8 Å². The molecule has 1 aromatic carbocycles. The number of aromatic amines is 1. The zero-order chi connectivity index (χ0) is 19.6. The first kappa shape index (κ1) is 19.9. The summed E-state index contributed by atoms with van der Waals surface area (Å²) in [7, 11) is 0. The molecular formula is C24H36N2O2. The number of ether oxygens (including phenoxy) is 1. The van der Waals surface area contributed by atoms with E-state index < -0.39 is 5.60 Å². The van der Waals surface area contributed by atoms with Crippen molar-refractivity contribution in [3.63, 3.8) is 0 Å². The maximum Gasteiger partial charge on any atom is 0.0594 e. The van der Waals surface area contributed by atoms with Gasteiger partial charge in [-0.05, 0) is 94.5 Å². The number of nitrogens with zero attached hydrogens (tertiary/aromatic N) is 1. The standard InChI is InChI=1S/C24H36N2O2/c1-24(2,27)10-7-18-5-6-23-22(14-18)20(16-25-23)15-21-4-3-11-26(21)17-19-8-12-28-13-9-19/h5-6,14,16,19,21,25,27H,3-4,7-13,15,17H2,1-2H3/t21-/m1/s1. The first-order valence-electron chi connectivity index (χ1n) is 11.1. The molecule has 2 aliphatic heterocycles. The molecule has 0 bridgehead atoms. The summed E-state index contributed by atoms with van der Waals surface area (Å²) in [5.74, 6) is 0.811. The lowest BCUT2D eigenvalue weighted by molar-refractivity contribution is 0.0507. The highest BCUT2D eigenvalue weighted by molar-refractivity contribution is 5.84. The van der Waals surface area contributed by atoms with Crippen LogP contribution in [0.25, 0.3) is 10.9 Å². The van der Waals surface area contributed by atoms with E-state index >= 15 is 0 Å². The van der Waals surface area contributed by atoms with Gasteiger partial charge in [-0.15, -0.1) is 0 Å². The molecule has 4 nitrogen and oxygen atoms in total. The number of benzene rings is 1. The molecule has 4 heteroatoms. The number of aryl methyl sites for hydroxylation is 1. The predicted octanol–water partition coefficient (Wildman–Crippen LogP) is 4.30. The van der Waals surface area contributed by atoms with Crippen LogP contribution in [0, 0.1) is 5.92 Å². The number of fused-ring (bicyclic) bond motifs is 1. The van der Waals surface area contributed by atoms with E-state index in [1.807, 2.05) is 13.8 Å². The van der Waals surface area contributed by atoms with Crippen molar-refractivity contribution in [2.45, 2.75) is 70.4 Å². The Morgan fingerprint density at radius 1 is 1.21 bits per heavy atom. The van der Waals surface area contributed by atoms with Gasteiger partial charge in [0.1, 0.15) is 0 Å². The summed E-state index contributed by atoms with van der Waals surface area (Å²) in [4.78, 5) is 6.22. The fourth-order valence-corrected chi connectivity index (χ4v) is 4.88. The van der Waals surface area contributed by atoms with Gasteiger partial charge in [-0.25, -0.2) is 0 Å². The number of aromatic nitrogens is 1. The number of H-pyrrole nitrogens is 1. The number of aliphatic hydroxyl groups is 1. The van der Waals surface area contributed by atoms with Crippen LogP contribution in [-0.4, -0.2) is 52.9 Å². The zero-order valence-corrected chi connectivity index (χ0v) is 17.5. The highest BCUT2D eigenvalue weighted by atomic mass is 16.5. The molecule has 0 aliphatic carbocycles. The third-order valence-electron chi connectivity index (χ3n) is 6.65. The van der Waals surface area contributed by atoms with Crippen molar-refractivity contribution in [3.8, 4) is 0 Å². The number of likely N-dealkylation sites (tertiary alicyclic amines) is 1. The van der Waals surface area contributed by atoms with Crippen LogP contribution in [0.1, 0.15) is 57.1 Å². The number of hydrogen-bond acceptors (Lipinski definition) is 3. The maximum atomic E-state index is 10.0. The lowest BCUT2D eigenvalue weighted by Crippen LogP contribution is -2.37. The van der Waals surface area contributed by atoms with Crippen LogP contribution in [0.2, 0.25) is 0 Å². The normalized spacial score (nSPS) is 22.3. The minimum atomic E-state index is -0.607. The van der Waals surface area contributed by atoms with Crippen molar-refractivity contribution in [2.75, 3.05) is 26.3 Å². The predicted molar refractivity (Wildman–Crippen MR) is 115 cm³/mol. The van der Waals surface area contributed by atoms with E-state index in [9.17, 15) is 5.11 Å². The molecule has 2 aromatic rings. The molecule has 3 heterocycles. The lowest BCUT2D eigenvalue weighted by atomic mass is 9.96. The third-order valence-corrected chi connectivity index (χ3v) is 6.65. The first-order valence-corrected chi connectivity index (χ1v) is 11.1. The van der Waals surface area contributed by atoms with Gasteiger partial charge in [0.05, 0.1) is 5.60 Å².